The smallest absolute Gasteiger partial charge is 0.253 e. The molecule has 4 atom stereocenters. The molecule has 25 heteroatoms. The quantitative estimate of drug-likeness (QED) is 0.0903. The van der Waals surface area contributed by atoms with Gasteiger partial charge < -0.3 is 24.9 Å². The fraction of sp³-hybridized carbons (Fsp3) is 0.493. The SMILES string of the molecule is C/C=C(/C)C1=CCSC1=O.C/C=C(\C)C1=CCSC1=O.CC1=C(O)CSC1=O.CC1C=C(O)C(=O)S1.CC1SC(=O)C=C1O.CCCCC1C=CC(=O)S1.CCCCC1C=CC(=O)S1.CCCCCC1=CC(=O)SC1.CCOC1=CC(=O)SC1.O=CCCC1=CCSC1=O. The summed E-state index contributed by atoms with van der Waals surface area (Å²) in [6, 6.07) is 0. The number of ether oxygens (including phenoxy) is 1. The van der Waals surface area contributed by atoms with E-state index in [2.05, 4.69) is 20.8 Å². The van der Waals surface area contributed by atoms with Crippen LogP contribution in [0.3, 0.4) is 0 Å². The second-order valence-corrected chi connectivity index (χ2v) is 31.9. The van der Waals surface area contributed by atoms with Crippen molar-refractivity contribution in [3.8, 4) is 0 Å². The summed E-state index contributed by atoms with van der Waals surface area (Å²) in [5, 5.41) is 28.5. The molecule has 10 rings (SSSR count). The van der Waals surface area contributed by atoms with Crippen molar-refractivity contribution in [2.75, 3.05) is 41.1 Å². The van der Waals surface area contributed by atoms with Gasteiger partial charge in [0, 0.05) is 79.6 Å². The molecule has 0 aromatic rings. The van der Waals surface area contributed by atoms with Gasteiger partial charge in [0.05, 0.1) is 23.4 Å². The Morgan fingerprint density at radius 3 is 1.36 bits per heavy atom. The standard InChI is InChI=1S/C9H14OS.2C8H10OS.2C8H12OS.C7H8O2S.C6H8O2S.3C5H6O2S/c1-2-3-4-5-8-6-9(10)11-7-8;2*1-3-6(2)7-4-5-10-8(7)9;2*1-2-3-4-7-5-6-8(9)10-7;8-4-1-2-6-3-5-10-7(6)9;1-2-8-5-3-6(7)9-4-5;1-3-4(6)2-8-5(3)7;1-3-4(6)2-5(7)8-3;1-3-2-4(6)5(7)8-3/h6H,2-5,7H2,1H3;2*3-4H,5H2,1-2H3;2*5-7H,2-4H2,1H3;3-4H,1-2,5H2;3H,2,4H2,1H3;6H,2H2,1H3;2*2-3,6H,1H3/b;6-3+;6-3-;;;;;;;. The van der Waals surface area contributed by atoms with Crippen molar-refractivity contribution in [1.82, 2.24) is 0 Å². The molecule has 10 heterocycles. The van der Waals surface area contributed by atoms with Gasteiger partial charge >= 0.3 is 0 Å². The zero-order valence-corrected chi connectivity index (χ0v) is 63.8. The van der Waals surface area contributed by atoms with E-state index >= 15 is 0 Å². The highest BCUT2D eigenvalue weighted by molar-refractivity contribution is 8.17. The summed E-state index contributed by atoms with van der Waals surface area (Å²) in [5.41, 5.74) is 6.64. The van der Waals surface area contributed by atoms with Crippen molar-refractivity contribution in [2.45, 2.75) is 174 Å². The van der Waals surface area contributed by atoms with Crippen molar-refractivity contribution in [2.24, 2.45) is 0 Å². The average molecular weight is 1480 g/mol. The summed E-state index contributed by atoms with van der Waals surface area (Å²) in [6.07, 6.45) is 37.5. The number of rotatable bonds is 17. The number of unbranched alkanes of at least 4 members (excludes halogenated alkanes) is 4. The van der Waals surface area contributed by atoms with Gasteiger partial charge in [-0.15, -0.1) is 0 Å². The number of allylic oxidation sites excluding steroid dienone is 4. The lowest BCUT2D eigenvalue weighted by atomic mass is 10.1. The molecule has 0 amide bonds. The van der Waals surface area contributed by atoms with E-state index in [-0.39, 0.29) is 78.9 Å². The van der Waals surface area contributed by atoms with Gasteiger partial charge in [-0.1, -0.05) is 225 Å². The maximum Gasteiger partial charge on any atom is 0.253 e. The minimum atomic E-state index is -0.211. The molecule has 4 unspecified atom stereocenters. The van der Waals surface area contributed by atoms with Crippen LogP contribution in [0.2, 0.25) is 0 Å². The normalized spacial score (nSPS) is 21.4. The molecule has 0 aliphatic carbocycles. The van der Waals surface area contributed by atoms with E-state index in [0.29, 0.717) is 47.0 Å². The lowest BCUT2D eigenvalue weighted by Crippen LogP contribution is -1.94. The Bertz CT molecular complexity index is 2930. The Labute approximate surface area is 599 Å². The van der Waals surface area contributed by atoms with Gasteiger partial charge in [0.1, 0.15) is 23.6 Å². The second-order valence-electron chi connectivity index (χ2n) is 20.8. The Morgan fingerprint density at radius 1 is 0.553 bits per heavy atom. The maximum absolute atomic E-state index is 11.0. The van der Waals surface area contributed by atoms with Gasteiger partial charge in [-0.2, -0.15) is 0 Å². The molecule has 0 fully saturated rings. The summed E-state index contributed by atoms with van der Waals surface area (Å²) in [6.45, 7) is 22.2. The highest BCUT2D eigenvalue weighted by atomic mass is 32.2. The number of hydrogen-bond acceptors (Lipinski definition) is 25. The molecule has 94 heavy (non-hydrogen) atoms. The van der Waals surface area contributed by atoms with E-state index in [1.54, 1.807) is 44.2 Å². The predicted octanol–water partition coefficient (Wildman–Crippen LogP) is 17.4. The fourth-order valence-corrected chi connectivity index (χ4v) is 15.7. The monoisotopic (exact) mass is 1480 g/mol. The Hall–Kier alpha value is -4.05. The van der Waals surface area contributed by atoms with Crippen LogP contribution in [0, 0.1) is 0 Å². The maximum atomic E-state index is 11.0. The van der Waals surface area contributed by atoms with Gasteiger partial charge in [0.25, 0.3) is 5.12 Å². The van der Waals surface area contributed by atoms with E-state index < -0.39 is 0 Å². The third-order valence-corrected chi connectivity index (χ3v) is 22.6. The van der Waals surface area contributed by atoms with E-state index in [1.165, 1.54) is 139 Å². The molecule has 0 aromatic heterocycles. The van der Waals surface area contributed by atoms with Crippen LogP contribution >= 0.6 is 118 Å². The highest BCUT2D eigenvalue weighted by Gasteiger charge is 2.23. The van der Waals surface area contributed by atoms with Gasteiger partial charge in [-0.3, -0.25) is 47.9 Å². The number of aldehydes is 1. The molecule has 0 saturated heterocycles. The van der Waals surface area contributed by atoms with Gasteiger partial charge in [0.2, 0.25) is 46.0 Å². The number of carbonyl (C=O) groups is 11. The van der Waals surface area contributed by atoms with Crippen LogP contribution in [0.1, 0.15) is 153 Å². The van der Waals surface area contributed by atoms with Crippen LogP contribution < -0.4 is 0 Å². The minimum Gasteiger partial charge on any atom is -0.511 e. The number of hydrogen-bond donors (Lipinski definition) is 3. The first-order chi connectivity index (χ1) is 44.8. The molecule has 0 saturated carbocycles. The Morgan fingerprint density at radius 2 is 1.07 bits per heavy atom. The summed E-state index contributed by atoms with van der Waals surface area (Å²) < 4.78 is 5.09. The van der Waals surface area contributed by atoms with Crippen LogP contribution in [0.25, 0.3) is 0 Å². The molecular weight excluding hydrogens is 1390 g/mol. The van der Waals surface area contributed by atoms with Crippen molar-refractivity contribution >= 4 is 175 Å². The molecule has 0 spiro atoms. The van der Waals surface area contributed by atoms with E-state index in [1.807, 2.05) is 84.1 Å². The third kappa shape index (κ3) is 38.8. The highest BCUT2D eigenvalue weighted by Crippen LogP contribution is 2.30. The molecule has 0 aromatic carbocycles. The molecule has 15 nitrogen and oxygen atoms in total. The van der Waals surface area contributed by atoms with E-state index in [9.17, 15) is 52.7 Å². The van der Waals surface area contributed by atoms with Crippen LogP contribution in [0.5, 0.6) is 0 Å². The zero-order valence-electron chi connectivity index (χ0n) is 55.7. The number of aliphatic hydroxyl groups excluding tert-OH is 3. The first kappa shape index (κ1) is 88.0. The van der Waals surface area contributed by atoms with Gasteiger partial charge in [-0.25, -0.2) is 0 Å². The van der Waals surface area contributed by atoms with Gasteiger partial charge in [-0.05, 0) is 123 Å². The molecule has 10 aliphatic rings. The lowest BCUT2D eigenvalue weighted by Gasteiger charge is -2.02. The Balaban J connectivity index is 0.000000523. The largest absolute Gasteiger partial charge is 0.511 e. The molecule has 3 N–H and O–H groups in total. The number of carbonyl (C=O) groups excluding carboxylic acids is 11. The predicted molar refractivity (Wildman–Crippen MR) is 406 cm³/mol. The summed E-state index contributed by atoms with van der Waals surface area (Å²) >= 11 is 13.1. The van der Waals surface area contributed by atoms with Crippen molar-refractivity contribution < 1.29 is 72.8 Å². The fourth-order valence-electron chi connectivity index (χ4n) is 7.75. The van der Waals surface area contributed by atoms with Crippen molar-refractivity contribution in [3.63, 3.8) is 0 Å². The van der Waals surface area contributed by atoms with Crippen LogP contribution in [-0.2, 0) is 57.5 Å². The van der Waals surface area contributed by atoms with Crippen LogP contribution in [0.4, 0.5) is 0 Å². The Kier molecular flexibility index (Phi) is 48.7. The third-order valence-electron chi connectivity index (χ3n) is 13.3. The van der Waals surface area contributed by atoms with Crippen molar-refractivity contribution in [3.05, 3.63) is 141 Å². The van der Waals surface area contributed by atoms with Gasteiger partial charge in [0.15, 0.2) is 5.76 Å². The first-order valence-corrected chi connectivity index (χ1v) is 40.4. The molecule has 0 radical (unpaired) electrons. The average Bonchev–Trinajstić information content (AvgIpc) is 3.17. The van der Waals surface area contributed by atoms with Crippen molar-refractivity contribution in [1.29, 1.82) is 0 Å². The van der Waals surface area contributed by atoms with E-state index in [0.717, 1.165) is 117 Å². The second kappa shape index (κ2) is 52.1. The van der Waals surface area contributed by atoms with E-state index in [4.69, 9.17) is 20.1 Å². The van der Waals surface area contributed by atoms with Crippen LogP contribution in [-0.4, -0.2) is 135 Å². The minimum absolute atomic E-state index is 0.00231. The number of aliphatic hydroxyl groups is 3. The molecule has 10 aliphatic heterocycles. The topological polar surface area (TPSA) is 258 Å². The zero-order chi connectivity index (χ0) is 70.5. The first-order valence-electron chi connectivity index (χ1n) is 31.0. The molecular formula is C69H92O15S10. The lowest BCUT2D eigenvalue weighted by molar-refractivity contribution is -0.110. The summed E-state index contributed by atoms with van der Waals surface area (Å²) in [5.74, 6) is 5.75. The summed E-state index contributed by atoms with van der Waals surface area (Å²) in [4.78, 5) is 117. The van der Waals surface area contributed by atoms with Crippen LogP contribution in [0.15, 0.2) is 141 Å². The molecule has 0 bridgehead atoms. The number of thioether (sulfide) groups is 10. The summed E-state index contributed by atoms with van der Waals surface area (Å²) in [7, 11) is 0. The molecule has 518 valence electrons.